The molecule has 2 nitrogen and oxygen atoms in total. The Labute approximate surface area is 85.7 Å². The summed E-state index contributed by atoms with van der Waals surface area (Å²) in [5.41, 5.74) is 0. The molecule has 1 aromatic carbocycles. The van der Waals surface area contributed by atoms with Crippen molar-refractivity contribution in [2.24, 2.45) is 0 Å². The number of ether oxygens (including phenoxy) is 1. The lowest BCUT2D eigenvalue weighted by Gasteiger charge is -2.31. The van der Waals surface area contributed by atoms with Gasteiger partial charge in [-0.2, -0.15) is 0 Å². The van der Waals surface area contributed by atoms with Crippen LogP contribution in [-0.4, -0.2) is 17.3 Å². The first-order valence-electron chi connectivity index (χ1n) is 4.34. The predicted molar refractivity (Wildman–Crippen MR) is 53.8 cm³/mol. The van der Waals surface area contributed by atoms with Crippen LogP contribution in [0.5, 0.6) is 5.75 Å². The van der Waals surface area contributed by atoms with E-state index in [0.717, 1.165) is 23.1 Å². The van der Waals surface area contributed by atoms with Crippen LogP contribution in [0.2, 0.25) is 0 Å². The molecule has 1 aliphatic rings. The molecule has 1 saturated carbocycles. The maximum absolute atomic E-state index is 9.05. The molecular formula is C10H11BrO2. The lowest BCUT2D eigenvalue weighted by Crippen LogP contribution is -2.37. The number of hydrogen-bond donors (Lipinski definition) is 1. The number of benzene rings is 1. The van der Waals surface area contributed by atoms with E-state index in [9.17, 15) is 0 Å². The first-order valence-corrected chi connectivity index (χ1v) is 5.13. The summed E-state index contributed by atoms with van der Waals surface area (Å²) in [5, 5.41) is 9.05. The van der Waals surface area contributed by atoms with Gasteiger partial charge in [-0.25, -0.2) is 0 Å². The summed E-state index contributed by atoms with van der Waals surface area (Å²) in [5.74, 6) is 0.875. The number of rotatable bonds is 2. The number of aliphatic hydroxyl groups is 1. The zero-order valence-electron chi connectivity index (χ0n) is 7.11. The smallest absolute Gasteiger partial charge is 0.119 e. The molecule has 0 spiro atoms. The van der Waals surface area contributed by atoms with Crippen LogP contribution in [0.15, 0.2) is 28.7 Å². The second-order valence-electron chi connectivity index (χ2n) is 3.32. The molecule has 0 bridgehead atoms. The molecule has 0 radical (unpaired) electrons. The Morgan fingerprint density at radius 2 is 1.85 bits per heavy atom. The Balaban J connectivity index is 1.91. The Bertz CT molecular complexity index is 277. The van der Waals surface area contributed by atoms with Gasteiger partial charge in [0.2, 0.25) is 0 Å². The second-order valence-corrected chi connectivity index (χ2v) is 4.23. The molecule has 2 rings (SSSR count). The van der Waals surface area contributed by atoms with Crippen LogP contribution in [0.1, 0.15) is 12.8 Å². The fraction of sp³-hybridized carbons (Fsp3) is 0.400. The number of aliphatic hydroxyl groups excluding tert-OH is 1. The summed E-state index contributed by atoms with van der Waals surface area (Å²) in [6.45, 7) is 0. The van der Waals surface area contributed by atoms with Crippen molar-refractivity contribution in [3.63, 3.8) is 0 Å². The molecular weight excluding hydrogens is 232 g/mol. The van der Waals surface area contributed by atoms with Crippen LogP contribution in [0, 0.1) is 0 Å². The summed E-state index contributed by atoms with van der Waals surface area (Å²) in [7, 11) is 0. The minimum Gasteiger partial charge on any atom is -0.490 e. The third kappa shape index (κ3) is 2.23. The average Bonchev–Trinajstić information content (AvgIpc) is 2.06. The van der Waals surface area contributed by atoms with Gasteiger partial charge in [-0.05, 0) is 24.3 Å². The number of halogens is 1. The molecule has 0 aromatic heterocycles. The molecule has 70 valence electrons. The highest BCUT2D eigenvalue weighted by Crippen LogP contribution is 2.26. The lowest BCUT2D eigenvalue weighted by molar-refractivity contribution is -0.0107. The monoisotopic (exact) mass is 242 g/mol. The van der Waals surface area contributed by atoms with E-state index in [4.69, 9.17) is 9.84 Å². The van der Waals surface area contributed by atoms with E-state index in [-0.39, 0.29) is 12.2 Å². The van der Waals surface area contributed by atoms with Gasteiger partial charge in [-0.1, -0.05) is 15.9 Å². The highest BCUT2D eigenvalue weighted by molar-refractivity contribution is 9.10. The molecule has 1 aliphatic carbocycles. The molecule has 1 fully saturated rings. The molecule has 0 atom stereocenters. The zero-order valence-corrected chi connectivity index (χ0v) is 8.70. The molecule has 0 amide bonds. The Hall–Kier alpha value is -0.540. The van der Waals surface area contributed by atoms with E-state index < -0.39 is 0 Å². The summed E-state index contributed by atoms with van der Waals surface area (Å²) in [6, 6.07) is 7.75. The molecule has 0 saturated heterocycles. The van der Waals surface area contributed by atoms with Crippen LogP contribution in [0.4, 0.5) is 0 Å². The van der Waals surface area contributed by atoms with Gasteiger partial charge in [0.15, 0.2) is 0 Å². The van der Waals surface area contributed by atoms with Crippen LogP contribution in [0.25, 0.3) is 0 Å². The fourth-order valence-electron chi connectivity index (χ4n) is 1.34. The van der Waals surface area contributed by atoms with Gasteiger partial charge in [0, 0.05) is 17.3 Å². The number of hydrogen-bond acceptors (Lipinski definition) is 2. The first kappa shape index (κ1) is 9.03. The van der Waals surface area contributed by atoms with Crippen LogP contribution in [-0.2, 0) is 0 Å². The van der Waals surface area contributed by atoms with Crippen molar-refractivity contribution in [3.8, 4) is 5.75 Å². The largest absolute Gasteiger partial charge is 0.490 e. The third-order valence-electron chi connectivity index (χ3n) is 2.19. The molecule has 0 heterocycles. The summed E-state index contributed by atoms with van der Waals surface area (Å²) < 4.78 is 6.64. The highest BCUT2D eigenvalue weighted by Gasteiger charge is 2.28. The van der Waals surface area contributed by atoms with Gasteiger partial charge in [0.1, 0.15) is 11.9 Å². The maximum atomic E-state index is 9.05. The van der Waals surface area contributed by atoms with Crippen LogP contribution >= 0.6 is 15.9 Å². The van der Waals surface area contributed by atoms with Gasteiger partial charge in [0.25, 0.3) is 0 Å². The van der Waals surface area contributed by atoms with E-state index >= 15 is 0 Å². The van der Waals surface area contributed by atoms with Crippen LogP contribution in [0.3, 0.4) is 0 Å². The molecule has 0 aliphatic heterocycles. The SMILES string of the molecule is OC1CC(Oc2ccc(Br)cc2)C1. The van der Waals surface area contributed by atoms with Crippen molar-refractivity contribution in [1.82, 2.24) is 0 Å². The minimum absolute atomic E-state index is 0.152. The Kier molecular flexibility index (Phi) is 2.56. The van der Waals surface area contributed by atoms with Crippen molar-refractivity contribution in [2.45, 2.75) is 25.0 Å². The molecule has 3 heteroatoms. The van der Waals surface area contributed by atoms with Crippen molar-refractivity contribution in [1.29, 1.82) is 0 Å². The molecule has 1 N–H and O–H groups in total. The lowest BCUT2D eigenvalue weighted by atomic mass is 9.92. The minimum atomic E-state index is -0.152. The highest BCUT2D eigenvalue weighted by atomic mass is 79.9. The summed E-state index contributed by atoms with van der Waals surface area (Å²) in [6.07, 6.45) is 1.57. The summed E-state index contributed by atoms with van der Waals surface area (Å²) in [4.78, 5) is 0. The topological polar surface area (TPSA) is 29.5 Å². The normalized spacial score (nSPS) is 26.6. The van der Waals surface area contributed by atoms with Gasteiger partial charge in [0.05, 0.1) is 6.10 Å². The van der Waals surface area contributed by atoms with E-state index in [2.05, 4.69) is 15.9 Å². The van der Waals surface area contributed by atoms with E-state index in [1.165, 1.54) is 0 Å². The standard InChI is InChI=1S/C10H11BrO2/c11-7-1-3-9(4-2-7)13-10-5-8(12)6-10/h1-4,8,10,12H,5-6H2. The van der Waals surface area contributed by atoms with E-state index in [1.807, 2.05) is 24.3 Å². The zero-order chi connectivity index (χ0) is 9.26. The van der Waals surface area contributed by atoms with E-state index in [1.54, 1.807) is 0 Å². The van der Waals surface area contributed by atoms with Crippen molar-refractivity contribution >= 4 is 15.9 Å². The van der Waals surface area contributed by atoms with Crippen LogP contribution < -0.4 is 4.74 Å². The first-order chi connectivity index (χ1) is 6.24. The maximum Gasteiger partial charge on any atom is 0.119 e. The Morgan fingerprint density at radius 1 is 1.23 bits per heavy atom. The Morgan fingerprint density at radius 3 is 2.38 bits per heavy atom. The predicted octanol–water partition coefficient (Wildman–Crippen LogP) is 2.35. The quantitative estimate of drug-likeness (QED) is 0.863. The second kappa shape index (κ2) is 3.68. The van der Waals surface area contributed by atoms with Crippen molar-refractivity contribution in [3.05, 3.63) is 28.7 Å². The fourth-order valence-corrected chi connectivity index (χ4v) is 1.60. The van der Waals surface area contributed by atoms with Gasteiger partial charge >= 0.3 is 0 Å². The van der Waals surface area contributed by atoms with Gasteiger partial charge in [-0.15, -0.1) is 0 Å². The summed E-state index contributed by atoms with van der Waals surface area (Å²) >= 11 is 3.36. The third-order valence-corrected chi connectivity index (χ3v) is 2.71. The molecule has 13 heavy (non-hydrogen) atoms. The molecule has 0 unspecified atom stereocenters. The van der Waals surface area contributed by atoms with Crippen molar-refractivity contribution in [2.75, 3.05) is 0 Å². The molecule has 1 aromatic rings. The van der Waals surface area contributed by atoms with E-state index in [0.29, 0.717) is 0 Å². The van der Waals surface area contributed by atoms with Gasteiger partial charge in [-0.3, -0.25) is 0 Å². The van der Waals surface area contributed by atoms with Crippen molar-refractivity contribution < 1.29 is 9.84 Å². The van der Waals surface area contributed by atoms with Gasteiger partial charge < -0.3 is 9.84 Å². The average molecular weight is 243 g/mol.